The summed E-state index contributed by atoms with van der Waals surface area (Å²) in [5, 5.41) is 3.59. The number of benzene rings is 1. The molecule has 0 spiro atoms. The molecule has 1 amide bonds. The summed E-state index contributed by atoms with van der Waals surface area (Å²) < 4.78 is 5.71. The van der Waals surface area contributed by atoms with Gasteiger partial charge < -0.3 is 10.1 Å². The predicted molar refractivity (Wildman–Crippen MR) is 85.9 cm³/mol. The number of carbonyl (C=O) groups is 1. The van der Waals surface area contributed by atoms with E-state index in [-0.39, 0.29) is 24.2 Å². The first-order valence-electron chi connectivity index (χ1n) is 7.33. The maximum Gasteiger partial charge on any atom is 0.241 e. The number of nitrogens with one attached hydrogen (secondary N) is 1. The number of ether oxygens (including phenoxy) is 1. The molecule has 0 radical (unpaired) electrons. The largest absolute Gasteiger partial charge is 0.373 e. The summed E-state index contributed by atoms with van der Waals surface area (Å²) in [6.45, 7) is 9.50. The van der Waals surface area contributed by atoms with Crippen LogP contribution in [0.15, 0.2) is 18.2 Å². The van der Waals surface area contributed by atoms with Gasteiger partial charge in [0, 0.05) is 23.8 Å². The molecule has 4 nitrogen and oxygen atoms in total. The lowest BCUT2D eigenvalue weighted by atomic mass is 10.1. The molecule has 1 aliphatic rings. The molecule has 3 atom stereocenters. The van der Waals surface area contributed by atoms with E-state index < -0.39 is 0 Å². The molecule has 116 valence electrons. The fourth-order valence-electron chi connectivity index (χ4n) is 2.67. The molecule has 1 aromatic carbocycles. The van der Waals surface area contributed by atoms with Crippen molar-refractivity contribution < 1.29 is 9.53 Å². The van der Waals surface area contributed by atoms with Gasteiger partial charge in [-0.15, -0.1) is 0 Å². The second kappa shape index (κ2) is 6.77. The highest BCUT2D eigenvalue weighted by atomic mass is 35.5. The van der Waals surface area contributed by atoms with Crippen LogP contribution < -0.4 is 5.32 Å². The highest BCUT2D eigenvalue weighted by Crippen LogP contribution is 2.21. The van der Waals surface area contributed by atoms with E-state index in [0.717, 1.165) is 24.3 Å². The zero-order valence-electron chi connectivity index (χ0n) is 13.0. The van der Waals surface area contributed by atoms with Crippen molar-refractivity contribution in [2.75, 3.05) is 18.4 Å². The molecule has 1 N–H and O–H groups in total. The Kier molecular flexibility index (Phi) is 5.25. The van der Waals surface area contributed by atoms with E-state index in [1.54, 1.807) is 6.07 Å². The number of hydrogen-bond acceptors (Lipinski definition) is 3. The summed E-state index contributed by atoms with van der Waals surface area (Å²) in [5.74, 6) is -0.0123. The molecule has 1 heterocycles. The van der Waals surface area contributed by atoms with Crippen LogP contribution in [0.4, 0.5) is 5.69 Å². The van der Waals surface area contributed by atoms with E-state index in [4.69, 9.17) is 16.3 Å². The summed E-state index contributed by atoms with van der Waals surface area (Å²) in [6.07, 6.45) is 0.300. The number of carbonyl (C=O) groups excluding carboxylic acids is 1. The lowest BCUT2D eigenvalue weighted by Crippen LogP contribution is -2.52. The van der Waals surface area contributed by atoms with Crippen LogP contribution in [0.25, 0.3) is 0 Å². The molecule has 1 aromatic rings. The summed E-state index contributed by atoms with van der Waals surface area (Å²) in [5.41, 5.74) is 1.78. The van der Waals surface area contributed by atoms with E-state index >= 15 is 0 Å². The first-order chi connectivity index (χ1) is 9.86. The smallest absolute Gasteiger partial charge is 0.241 e. The van der Waals surface area contributed by atoms with Crippen LogP contribution in [0.5, 0.6) is 0 Å². The average molecular weight is 311 g/mol. The molecule has 1 saturated heterocycles. The quantitative estimate of drug-likeness (QED) is 0.933. The van der Waals surface area contributed by atoms with Gasteiger partial charge >= 0.3 is 0 Å². The van der Waals surface area contributed by atoms with Crippen LogP contribution in [-0.2, 0) is 9.53 Å². The molecule has 0 bridgehead atoms. The Hall–Kier alpha value is -1.10. The molecule has 2 rings (SSSR count). The zero-order valence-corrected chi connectivity index (χ0v) is 13.8. The van der Waals surface area contributed by atoms with Crippen molar-refractivity contribution in [3.05, 3.63) is 28.8 Å². The fourth-order valence-corrected chi connectivity index (χ4v) is 2.84. The van der Waals surface area contributed by atoms with Crippen LogP contribution in [0.1, 0.15) is 26.3 Å². The van der Waals surface area contributed by atoms with Gasteiger partial charge in [0.25, 0.3) is 0 Å². The van der Waals surface area contributed by atoms with Crippen LogP contribution in [-0.4, -0.2) is 42.1 Å². The standard InChI is InChI=1S/C16H23ClN2O2/c1-10-5-6-14(17)7-15(10)18-16(20)13(4)19-8-11(2)21-12(3)9-19/h5-7,11-13H,8-9H2,1-4H3,(H,18,20)/t11-,12-,13-/m1/s1. The van der Waals surface area contributed by atoms with Crippen molar-refractivity contribution in [3.63, 3.8) is 0 Å². The van der Waals surface area contributed by atoms with Crippen LogP contribution >= 0.6 is 11.6 Å². The van der Waals surface area contributed by atoms with Gasteiger partial charge in [-0.1, -0.05) is 17.7 Å². The van der Waals surface area contributed by atoms with E-state index in [1.807, 2.05) is 39.8 Å². The van der Waals surface area contributed by atoms with Gasteiger partial charge in [-0.05, 0) is 45.4 Å². The van der Waals surface area contributed by atoms with Crippen molar-refractivity contribution in [1.29, 1.82) is 0 Å². The lowest BCUT2D eigenvalue weighted by molar-refractivity contribution is -0.126. The first-order valence-corrected chi connectivity index (χ1v) is 7.71. The Morgan fingerprint density at radius 3 is 2.62 bits per heavy atom. The number of halogens is 1. The third-order valence-corrected chi connectivity index (χ3v) is 4.07. The SMILES string of the molecule is Cc1ccc(Cl)cc1NC(=O)[C@@H](C)N1C[C@@H](C)O[C@H](C)C1. The number of aryl methyl sites for hydroxylation is 1. The minimum absolute atomic E-state index is 0.0123. The molecule has 0 aliphatic carbocycles. The molecule has 1 fully saturated rings. The minimum atomic E-state index is -0.197. The fraction of sp³-hybridized carbons (Fsp3) is 0.562. The molecule has 1 aliphatic heterocycles. The molecular weight excluding hydrogens is 288 g/mol. The highest BCUT2D eigenvalue weighted by Gasteiger charge is 2.29. The van der Waals surface area contributed by atoms with Gasteiger partial charge in [0.1, 0.15) is 0 Å². The minimum Gasteiger partial charge on any atom is -0.373 e. The van der Waals surface area contributed by atoms with Crippen molar-refractivity contribution in [1.82, 2.24) is 4.90 Å². The highest BCUT2D eigenvalue weighted by molar-refractivity contribution is 6.31. The number of hydrogen-bond donors (Lipinski definition) is 1. The Morgan fingerprint density at radius 1 is 1.38 bits per heavy atom. The van der Waals surface area contributed by atoms with Gasteiger partial charge in [0.2, 0.25) is 5.91 Å². The maximum atomic E-state index is 12.5. The Balaban J connectivity index is 2.04. The topological polar surface area (TPSA) is 41.6 Å². The Bertz CT molecular complexity index is 511. The predicted octanol–water partition coefficient (Wildman–Crippen LogP) is 3.08. The van der Waals surface area contributed by atoms with E-state index in [2.05, 4.69) is 10.2 Å². The molecule has 5 heteroatoms. The number of nitrogens with zero attached hydrogens (tertiary/aromatic N) is 1. The Morgan fingerprint density at radius 2 is 2.00 bits per heavy atom. The number of amides is 1. The molecular formula is C16H23ClN2O2. The lowest BCUT2D eigenvalue weighted by Gasteiger charge is -2.38. The third-order valence-electron chi connectivity index (χ3n) is 3.83. The summed E-state index contributed by atoms with van der Waals surface area (Å²) in [6, 6.07) is 5.31. The van der Waals surface area contributed by atoms with Crippen molar-refractivity contribution in [3.8, 4) is 0 Å². The normalized spacial score (nSPS) is 24.6. The van der Waals surface area contributed by atoms with Gasteiger partial charge in [0.05, 0.1) is 18.2 Å². The summed E-state index contributed by atoms with van der Waals surface area (Å²) in [4.78, 5) is 14.6. The van der Waals surface area contributed by atoms with E-state index in [9.17, 15) is 4.79 Å². The van der Waals surface area contributed by atoms with Gasteiger partial charge in [-0.3, -0.25) is 9.69 Å². The summed E-state index contributed by atoms with van der Waals surface area (Å²) >= 11 is 5.99. The molecule has 0 saturated carbocycles. The van der Waals surface area contributed by atoms with Crippen molar-refractivity contribution in [2.24, 2.45) is 0 Å². The third kappa shape index (κ3) is 4.19. The second-order valence-electron chi connectivity index (χ2n) is 5.84. The van der Waals surface area contributed by atoms with Gasteiger partial charge in [-0.2, -0.15) is 0 Å². The second-order valence-corrected chi connectivity index (χ2v) is 6.27. The van der Waals surface area contributed by atoms with Crippen LogP contribution in [0.3, 0.4) is 0 Å². The van der Waals surface area contributed by atoms with Crippen LogP contribution in [0.2, 0.25) is 5.02 Å². The first kappa shape index (κ1) is 16.3. The average Bonchev–Trinajstić information content (AvgIpc) is 2.41. The Labute approximate surface area is 131 Å². The molecule has 21 heavy (non-hydrogen) atoms. The van der Waals surface area contributed by atoms with Gasteiger partial charge in [-0.25, -0.2) is 0 Å². The monoisotopic (exact) mass is 310 g/mol. The zero-order chi connectivity index (χ0) is 15.6. The van der Waals surface area contributed by atoms with E-state index in [0.29, 0.717) is 5.02 Å². The number of anilines is 1. The molecule has 0 aromatic heterocycles. The summed E-state index contributed by atoms with van der Waals surface area (Å²) in [7, 11) is 0. The van der Waals surface area contributed by atoms with E-state index in [1.165, 1.54) is 0 Å². The van der Waals surface area contributed by atoms with Crippen molar-refractivity contribution >= 4 is 23.2 Å². The maximum absolute atomic E-state index is 12.5. The number of rotatable bonds is 3. The molecule has 0 unspecified atom stereocenters. The van der Waals surface area contributed by atoms with Gasteiger partial charge in [0.15, 0.2) is 0 Å². The van der Waals surface area contributed by atoms with Crippen LogP contribution in [0, 0.1) is 6.92 Å². The van der Waals surface area contributed by atoms with Crippen molar-refractivity contribution in [2.45, 2.75) is 45.9 Å². The number of morpholine rings is 1.